The van der Waals surface area contributed by atoms with E-state index in [1.54, 1.807) is 26.2 Å². The van der Waals surface area contributed by atoms with Crippen LogP contribution in [0.15, 0.2) is 65.6 Å². The van der Waals surface area contributed by atoms with Gasteiger partial charge in [0.05, 0.1) is 31.1 Å². The fourth-order valence-corrected chi connectivity index (χ4v) is 4.02. The minimum absolute atomic E-state index is 0.0598. The van der Waals surface area contributed by atoms with Gasteiger partial charge in [-0.05, 0) is 54.4 Å². The number of ether oxygens (including phenoxy) is 2. The van der Waals surface area contributed by atoms with Gasteiger partial charge in [0.2, 0.25) is 0 Å². The molecule has 0 radical (unpaired) electrons. The second-order valence-corrected chi connectivity index (χ2v) is 8.92. The van der Waals surface area contributed by atoms with Crippen LogP contribution in [-0.2, 0) is 23.8 Å². The summed E-state index contributed by atoms with van der Waals surface area (Å²) in [5.74, 6) is -0.0303. The number of hydrogen-bond donors (Lipinski definition) is 0. The van der Waals surface area contributed by atoms with Gasteiger partial charge in [0.15, 0.2) is 0 Å². The van der Waals surface area contributed by atoms with Crippen molar-refractivity contribution in [1.82, 2.24) is 0 Å². The molecule has 0 spiro atoms. The summed E-state index contributed by atoms with van der Waals surface area (Å²) in [6, 6.07) is 18.0. The van der Waals surface area contributed by atoms with Crippen molar-refractivity contribution < 1.29 is 26.9 Å². The molecule has 3 aromatic rings. The number of carbonyl (C=O) groups excluding carboxylic acids is 1. The van der Waals surface area contributed by atoms with Crippen LogP contribution in [0, 0.1) is 6.92 Å². The van der Waals surface area contributed by atoms with E-state index in [0.717, 1.165) is 27.6 Å². The van der Waals surface area contributed by atoms with Gasteiger partial charge in [-0.15, -0.1) is 0 Å². The monoisotopic (exact) mass is 442 g/mol. The first-order valence-electron chi connectivity index (χ1n) is 10.0. The molecule has 1 atom stereocenters. The lowest BCUT2D eigenvalue weighted by Crippen LogP contribution is -2.15. The highest BCUT2D eigenvalue weighted by molar-refractivity contribution is 7.86. The fraction of sp³-hybridized carbons (Fsp3) is 0.292. The first-order valence-corrected chi connectivity index (χ1v) is 11.4. The molecule has 3 rings (SSSR count). The summed E-state index contributed by atoms with van der Waals surface area (Å²) >= 11 is 0. The summed E-state index contributed by atoms with van der Waals surface area (Å²) < 4.78 is 39.8. The van der Waals surface area contributed by atoms with Gasteiger partial charge in [0.1, 0.15) is 5.75 Å². The molecular weight excluding hydrogens is 416 g/mol. The third kappa shape index (κ3) is 5.83. The fourth-order valence-electron chi connectivity index (χ4n) is 3.07. The number of aryl methyl sites for hydroxylation is 1. The van der Waals surface area contributed by atoms with Crippen molar-refractivity contribution in [1.29, 1.82) is 0 Å². The lowest BCUT2D eigenvalue weighted by molar-refractivity contribution is -0.145. The van der Waals surface area contributed by atoms with Crippen LogP contribution in [0.3, 0.4) is 0 Å². The molecule has 0 saturated carbocycles. The average Bonchev–Trinajstić information content (AvgIpc) is 2.77. The first-order chi connectivity index (χ1) is 14.8. The Morgan fingerprint density at radius 1 is 0.935 bits per heavy atom. The van der Waals surface area contributed by atoms with Crippen LogP contribution in [0.5, 0.6) is 5.75 Å². The van der Waals surface area contributed by atoms with Gasteiger partial charge >= 0.3 is 5.97 Å². The Morgan fingerprint density at radius 2 is 1.61 bits per heavy atom. The van der Waals surface area contributed by atoms with E-state index in [4.69, 9.17) is 13.7 Å². The van der Waals surface area contributed by atoms with Crippen LogP contribution in [0.1, 0.15) is 30.4 Å². The van der Waals surface area contributed by atoms with E-state index >= 15 is 0 Å². The lowest BCUT2D eigenvalue weighted by Gasteiger charge is -2.13. The minimum atomic E-state index is -3.81. The Bertz CT molecular complexity index is 1150. The van der Waals surface area contributed by atoms with Gasteiger partial charge in [-0.2, -0.15) is 8.42 Å². The highest BCUT2D eigenvalue weighted by atomic mass is 32.2. The van der Waals surface area contributed by atoms with Crippen LogP contribution < -0.4 is 4.74 Å². The Balaban J connectivity index is 1.49. The van der Waals surface area contributed by atoms with E-state index in [1.165, 1.54) is 12.1 Å². The Labute approximate surface area is 182 Å². The summed E-state index contributed by atoms with van der Waals surface area (Å²) in [5, 5.41) is 2.03. The molecule has 0 heterocycles. The molecule has 0 aromatic heterocycles. The second kappa shape index (κ2) is 9.94. The zero-order valence-corrected chi connectivity index (χ0v) is 18.6. The summed E-state index contributed by atoms with van der Waals surface area (Å²) in [4.78, 5) is 12.5. The Hall–Kier alpha value is -2.90. The molecule has 6 nitrogen and oxygen atoms in total. The van der Waals surface area contributed by atoms with E-state index in [0.29, 0.717) is 0 Å². The number of esters is 1. The van der Waals surface area contributed by atoms with E-state index in [2.05, 4.69) is 0 Å². The van der Waals surface area contributed by atoms with Gasteiger partial charge in [-0.3, -0.25) is 8.98 Å². The van der Waals surface area contributed by atoms with E-state index < -0.39 is 16.0 Å². The molecule has 0 aliphatic rings. The van der Waals surface area contributed by atoms with Crippen molar-refractivity contribution in [3.8, 4) is 5.75 Å². The second-order valence-electron chi connectivity index (χ2n) is 7.30. The SMILES string of the molecule is COc1ccc2cc(C(C)C(=O)OCCCOS(=O)(=O)c3ccc(C)cc3)ccc2c1. The van der Waals surface area contributed by atoms with Crippen molar-refractivity contribution in [3.63, 3.8) is 0 Å². The summed E-state index contributed by atoms with van der Waals surface area (Å²) in [5.41, 5.74) is 1.81. The Morgan fingerprint density at radius 3 is 2.32 bits per heavy atom. The van der Waals surface area contributed by atoms with Gasteiger partial charge in [-0.1, -0.05) is 42.0 Å². The normalized spacial score (nSPS) is 12.5. The molecule has 0 bridgehead atoms. The molecule has 164 valence electrons. The van der Waals surface area contributed by atoms with Gasteiger partial charge < -0.3 is 9.47 Å². The molecular formula is C24H26O6S. The number of fused-ring (bicyclic) bond motifs is 1. The van der Waals surface area contributed by atoms with Crippen molar-refractivity contribution >= 4 is 26.9 Å². The topological polar surface area (TPSA) is 78.9 Å². The molecule has 0 fully saturated rings. The molecule has 3 aromatic carbocycles. The maximum absolute atomic E-state index is 12.4. The standard InChI is InChI=1S/C24H26O6S/c1-17-5-11-23(12-6-17)31(26,27)30-14-4-13-29-24(25)18(2)19-7-8-21-16-22(28-3)10-9-20(21)15-19/h5-12,15-16,18H,4,13-14H2,1-3H3. The maximum atomic E-state index is 12.4. The van der Waals surface area contributed by atoms with Gasteiger partial charge in [0.25, 0.3) is 10.1 Å². The van der Waals surface area contributed by atoms with E-state index in [9.17, 15) is 13.2 Å². The third-order valence-electron chi connectivity index (χ3n) is 5.01. The maximum Gasteiger partial charge on any atom is 0.313 e. The van der Waals surface area contributed by atoms with Crippen LogP contribution >= 0.6 is 0 Å². The molecule has 0 amide bonds. The number of benzene rings is 3. The van der Waals surface area contributed by atoms with Gasteiger partial charge in [0, 0.05) is 6.42 Å². The predicted molar refractivity (Wildman–Crippen MR) is 119 cm³/mol. The molecule has 1 unspecified atom stereocenters. The number of rotatable bonds is 9. The third-order valence-corrected chi connectivity index (χ3v) is 6.33. The summed E-state index contributed by atoms with van der Waals surface area (Å²) in [6.45, 7) is 3.68. The summed E-state index contributed by atoms with van der Waals surface area (Å²) in [7, 11) is -2.19. The van der Waals surface area contributed by atoms with Crippen molar-refractivity contribution in [2.45, 2.75) is 31.1 Å². The molecule has 0 aliphatic heterocycles. The quantitative estimate of drug-likeness (QED) is 0.274. The lowest BCUT2D eigenvalue weighted by atomic mass is 9.98. The number of methoxy groups -OCH3 is 1. The minimum Gasteiger partial charge on any atom is -0.497 e. The van der Waals surface area contributed by atoms with Crippen molar-refractivity contribution in [2.75, 3.05) is 20.3 Å². The highest BCUT2D eigenvalue weighted by Gasteiger charge is 2.18. The number of hydrogen-bond acceptors (Lipinski definition) is 6. The molecule has 0 saturated heterocycles. The number of carbonyl (C=O) groups is 1. The zero-order valence-electron chi connectivity index (χ0n) is 17.8. The molecule has 7 heteroatoms. The largest absolute Gasteiger partial charge is 0.497 e. The van der Waals surface area contributed by atoms with Gasteiger partial charge in [-0.25, -0.2) is 0 Å². The molecule has 31 heavy (non-hydrogen) atoms. The van der Waals surface area contributed by atoms with Crippen LogP contribution in [-0.4, -0.2) is 34.7 Å². The van der Waals surface area contributed by atoms with Crippen molar-refractivity contribution in [3.05, 3.63) is 71.8 Å². The van der Waals surface area contributed by atoms with E-state index in [-0.39, 0.29) is 30.5 Å². The average molecular weight is 443 g/mol. The van der Waals surface area contributed by atoms with Crippen LogP contribution in [0.4, 0.5) is 0 Å². The van der Waals surface area contributed by atoms with E-state index in [1.807, 2.05) is 43.3 Å². The predicted octanol–water partition coefficient (Wildman–Crippen LogP) is 4.60. The highest BCUT2D eigenvalue weighted by Crippen LogP contribution is 2.25. The first kappa shape index (κ1) is 22.8. The Kier molecular flexibility index (Phi) is 7.30. The molecule has 0 N–H and O–H groups in total. The molecule has 0 aliphatic carbocycles. The zero-order chi connectivity index (χ0) is 22.4. The van der Waals surface area contributed by atoms with Crippen molar-refractivity contribution in [2.24, 2.45) is 0 Å². The van der Waals surface area contributed by atoms with Crippen LogP contribution in [0.25, 0.3) is 10.8 Å². The summed E-state index contributed by atoms with van der Waals surface area (Å²) in [6.07, 6.45) is 0.279. The van der Waals surface area contributed by atoms with Crippen LogP contribution in [0.2, 0.25) is 0 Å². The smallest absolute Gasteiger partial charge is 0.313 e.